The van der Waals surface area contributed by atoms with Gasteiger partial charge in [0.25, 0.3) is 11.8 Å². The van der Waals surface area contributed by atoms with E-state index < -0.39 is 41.6 Å². The summed E-state index contributed by atoms with van der Waals surface area (Å²) in [6, 6.07) is -2.40. The summed E-state index contributed by atoms with van der Waals surface area (Å²) in [6.45, 7) is 5.92. The Bertz CT molecular complexity index is 677. The summed E-state index contributed by atoms with van der Waals surface area (Å²) in [5.74, 6) is -1.04. The third kappa shape index (κ3) is 3.98. The first-order valence-corrected chi connectivity index (χ1v) is 9.46. The fourth-order valence-corrected chi connectivity index (χ4v) is 3.79. The number of nitrogens with one attached hydrogen (secondary N) is 2. The maximum atomic E-state index is 12.5. The van der Waals surface area contributed by atoms with E-state index in [-0.39, 0.29) is 12.6 Å². The molecule has 0 unspecified atom stereocenters. The van der Waals surface area contributed by atoms with Gasteiger partial charge in [-0.05, 0) is 46.5 Å². The van der Waals surface area contributed by atoms with Gasteiger partial charge in [0.2, 0.25) is 0 Å². The number of hydrogen-bond donors (Lipinski definition) is 3. The van der Waals surface area contributed by atoms with E-state index in [1.807, 2.05) is 0 Å². The Morgan fingerprint density at radius 2 is 1.71 bits per heavy atom. The van der Waals surface area contributed by atoms with Gasteiger partial charge in [0, 0.05) is 13.1 Å². The molecular weight excluding hydrogens is 370 g/mol. The minimum Gasteiger partial charge on any atom is -0.444 e. The van der Waals surface area contributed by atoms with Crippen LogP contribution < -0.4 is 10.9 Å². The molecule has 0 spiro atoms. The lowest BCUT2D eigenvalue weighted by atomic mass is 10.0. The summed E-state index contributed by atoms with van der Waals surface area (Å²) in [6.07, 6.45) is 1.45. The van der Waals surface area contributed by atoms with Crippen LogP contribution in [-0.4, -0.2) is 80.8 Å². The minimum absolute atomic E-state index is 0.274. The minimum atomic E-state index is -0.758. The summed E-state index contributed by atoms with van der Waals surface area (Å²) in [5.41, 5.74) is 4.03. The molecular formula is C17H27N5O6. The molecule has 11 nitrogen and oxygen atoms in total. The first-order valence-electron chi connectivity index (χ1n) is 9.46. The molecule has 0 saturated carbocycles. The number of amides is 5. The van der Waals surface area contributed by atoms with Crippen molar-refractivity contribution in [1.82, 2.24) is 25.7 Å². The van der Waals surface area contributed by atoms with Crippen molar-refractivity contribution in [3.05, 3.63) is 0 Å². The van der Waals surface area contributed by atoms with Crippen molar-refractivity contribution < 1.29 is 29.1 Å². The van der Waals surface area contributed by atoms with Crippen LogP contribution in [-0.2, 0) is 14.3 Å². The Hall–Kier alpha value is -2.56. The molecule has 11 heteroatoms. The van der Waals surface area contributed by atoms with Crippen LogP contribution in [0.3, 0.4) is 0 Å². The molecule has 0 aliphatic carbocycles. The number of urea groups is 1. The van der Waals surface area contributed by atoms with Gasteiger partial charge in [-0.25, -0.2) is 14.7 Å². The van der Waals surface area contributed by atoms with Gasteiger partial charge in [-0.1, -0.05) is 0 Å². The molecule has 3 rings (SSSR count). The lowest BCUT2D eigenvalue weighted by Crippen LogP contribution is -2.57. The largest absolute Gasteiger partial charge is 0.444 e. The van der Waals surface area contributed by atoms with Crippen LogP contribution in [0.1, 0.15) is 46.5 Å². The number of hydrogen-bond acceptors (Lipinski definition) is 6. The van der Waals surface area contributed by atoms with E-state index in [0.29, 0.717) is 37.3 Å². The molecule has 3 aliphatic rings. The van der Waals surface area contributed by atoms with E-state index in [1.165, 1.54) is 9.80 Å². The van der Waals surface area contributed by atoms with Gasteiger partial charge in [-0.15, -0.1) is 0 Å². The van der Waals surface area contributed by atoms with Crippen LogP contribution in [0.4, 0.5) is 9.59 Å². The maximum Gasteiger partial charge on any atom is 0.410 e. The standard InChI is InChI=1S/C17H27N5O6/c1-17(2,3)28-16(26)20-8-4-5-11(20)13(23)18-19-14(24)12-7-6-10-9-21(12)15(25)22(10)27/h10-12,27H,4-9H2,1-3H3,(H,18,23)(H,19,24)/t10-,11-,12+/m1/s1. The summed E-state index contributed by atoms with van der Waals surface area (Å²) < 4.78 is 5.33. The predicted octanol–water partition coefficient (Wildman–Crippen LogP) is 0.191. The highest BCUT2D eigenvalue weighted by Gasteiger charge is 2.47. The Kier molecular flexibility index (Phi) is 5.37. The number of ether oxygens (including phenoxy) is 1. The Morgan fingerprint density at radius 1 is 1.07 bits per heavy atom. The van der Waals surface area contributed by atoms with Crippen LogP contribution in [0.2, 0.25) is 0 Å². The first-order chi connectivity index (χ1) is 13.1. The molecule has 3 saturated heterocycles. The highest BCUT2D eigenvalue weighted by molar-refractivity contribution is 5.91. The van der Waals surface area contributed by atoms with E-state index in [2.05, 4.69) is 10.9 Å². The summed E-state index contributed by atoms with van der Waals surface area (Å²) >= 11 is 0. The zero-order chi connectivity index (χ0) is 20.6. The summed E-state index contributed by atoms with van der Waals surface area (Å²) in [5, 5.41) is 10.3. The second kappa shape index (κ2) is 7.46. The normalized spacial score (nSPS) is 27.1. The number of rotatable bonds is 2. The topological polar surface area (TPSA) is 132 Å². The SMILES string of the molecule is CC(C)(C)OC(=O)N1CCC[C@@H]1C(=O)NNC(=O)[C@@H]1CC[C@@H]2CN1C(=O)N2O. The molecule has 5 amide bonds. The summed E-state index contributed by atoms with van der Waals surface area (Å²) in [4.78, 5) is 51.8. The number of likely N-dealkylation sites (tertiary alicyclic amines) is 1. The fraction of sp³-hybridized carbons (Fsp3) is 0.765. The van der Waals surface area contributed by atoms with Crippen LogP contribution in [0, 0.1) is 0 Å². The Labute approximate surface area is 162 Å². The fourth-order valence-electron chi connectivity index (χ4n) is 3.79. The zero-order valence-electron chi connectivity index (χ0n) is 16.3. The number of hydroxylamine groups is 2. The van der Waals surface area contributed by atoms with Gasteiger partial charge < -0.3 is 9.64 Å². The molecule has 3 fully saturated rings. The average Bonchev–Trinajstić information content (AvgIpc) is 3.19. The van der Waals surface area contributed by atoms with Crippen LogP contribution in [0.25, 0.3) is 0 Å². The molecule has 3 heterocycles. The van der Waals surface area contributed by atoms with Gasteiger partial charge in [0.15, 0.2) is 0 Å². The van der Waals surface area contributed by atoms with E-state index in [4.69, 9.17) is 4.74 Å². The predicted molar refractivity (Wildman–Crippen MR) is 94.8 cm³/mol. The summed E-state index contributed by atoms with van der Waals surface area (Å²) in [7, 11) is 0. The van der Waals surface area contributed by atoms with Gasteiger partial charge in [0.1, 0.15) is 17.7 Å². The van der Waals surface area contributed by atoms with Crippen molar-refractivity contribution in [3.63, 3.8) is 0 Å². The third-order valence-electron chi connectivity index (χ3n) is 5.14. The number of hydrazine groups is 1. The Morgan fingerprint density at radius 3 is 2.36 bits per heavy atom. The Balaban J connectivity index is 1.54. The molecule has 3 aliphatic heterocycles. The number of carbonyl (C=O) groups is 4. The van der Waals surface area contributed by atoms with Crippen molar-refractivity contribution in [1.29, 1.82) is 0 Å². The lowest BCUT2D eigenvalue weighted by Gasteiger charge is -2.30. The highest BCUT2D eigenvalue weighted by atomic mass is 16.6. The molecule has 0 aromatic rings. The molecule has 3 atom stereocenters. The van der Waals surface area contributed by atoms with E-state index >= 15 is 0 Å². The van der Waals surface area contributed by atoms with E-state index in [9.17, 15) is 24.4 Å². The molecule has 0 aromatic heterocycles. The zero-order valence-corrected chi connectivity index (χ0v) is 16.3. The van der Waals surface area contributed by atoms with Gasteiger partial charge in [-0.3, -0.25) is 30.5 Å². The molecule has 156 valence electrons. The van der Waals surface area contributed by atoms with Crippen molar-refractivity contribution in [2.45, 2.75) is 70.2 Å². The van der Waals surface area contributed by atoms with Gasteiger partial charge >= 0.3 is 12.1 Å². The lowest BCUT2D eigenvalue weighted by molar-refractivity contribution is -0.133. The number of nitrogens with zero attached hydrogens (tertiary/aromatic N) is 3. The van der Waals surface area contributed by atoms with Crippen molar-refractivity contribution >= 4 is 23.9 Å². The molecule has 28 heavy (non-hydrogen) atoms. The van der Waals surface area contributed by atoms with Crippen molar-refractivity contribution in [3.8, 4) is 0 Å². The van der Waals surface area contributed by atoms with E-state index in [1.54, 1.807) is 20.8 Å². The molecule has 3 N–H and O–H groups in total. The molecule has 2 bridgehead atoms. The van der Waals surface area contributed by atoms with E-state index in [0.717, 1.165) is 0 Å². The van der Waals surface area contributed by atoms with Crippen LogP contribution >= 0.6 is 0 Å². The monoisotopic (exact) mass is 397 g/mol. The van der Waals surface area contributed by atoms with Crippen molar-refractivity contribution in [2.75, 3.05) is 13.1 Å². The van der Waals surface area contributed by atoms with Gasteiger partial charge in [-0.2, -0.15) is 0 Å². The van der Waals surface area contributed by atoms with Crippen molar-refractivity contribution in [2.24, 2.45) is 0 Å². The van der Waals surface area contributed by atoms with Gasteiger partial charge in [0.05, 0.1) is 6.04 Å². The smallest absolute Gasteiger partial charge is 0.410 e. The second-order valence-corrected chi connectivity index (χ2v) is 8.34. The average molecular weight is 397 g/mol. The first kappa shape index (κ1) is 20.2. The molecule has 0 radical (unpaired) electrons. The van der Waals surface area contributed by atoms with Crippen LogP contribution in [0.15, 0.2) is 0 Å². The maximum absolute atomic E-state index is 12.5. The van der Waals surface area contributed by atoms with Crippen LogP contribution in [0.5, 0.6) is 0 Å². The molecule has 0 aromatic carbocycles. The number of fused-ring (bicyclic) bond motifs is 2. The second-order valence-electron chi connectivity index (χ2n) is 8.34. The highest BCUT2D eigenvalue weighted by Crippen LogP contribution is 2.28. The number of piperidine rings is 1. The quantitative estimate of drug-likeness (QED) is 0.450. The third-order valence-corrected chi connectivity index (χ3v) is 5.14. The number of carbonyl (C=O) groups excluding carboxylic acids is 4.